The van der Waals surface area contributed by atoms with Crippen LogP contribution >= 0.6 is 0 Å². The number of nitrogens with one attached hydrogen (secondary N) is 1. The second-order valence-corrected chi connectivity index (χ2v) is 5.78. The molecular weight excluding hydrogens is 256 g/mol. The molecule has 0 heterocycles. The summed E-state index contributed by atoms with van der Waals surface area (Å²) in [5, 5.41) is 10.5. The monoisotopic (exact) mass is 272 g/mol. The summed E-state index contributed by atoms with van der Waals surface area (Å²) in [6, 6.07) is 4.67. The molecule has 0 saturated heterocycles. The van der Waals surface area contributed by atoms with Crippen molar-refractivity contribution in [2.24, 2.45) is 0 Å². The van der Waals surface area contributed by atoms with Crippen molar-refractivity contribution >= 4 is 15.7 Å². The molecule has 0 unspecified atom stereocenters. The van der Waals surface area contributed by atoms with Gasteiger partial charge in [-0.2, -0.15) is 0 Å². The summed E-state index contributed by atoms with van der Waals surface area (Å²) in [6.45, 7) is 3.75. The largest absolute Gasteiger partial charge is 0.269 e. The zero-order valence-electron chi connectivity index (χ0n) is 10.3. The van der Waals surface area contributed by atoms with Gasteiger partial charge in [-0.25, -0.2) is 13.1 Å². The molecular formula is C11H16N2O4S. The van der Waals surface area contributed by atoms with Gasteiger partial charge in [-0.1, -0.05) is 13.3 Å². The van der Waals surface area contributed by atoms with Crippen LogP contribution in [0.4, 0.5) is 5.69 Å². The lowest BCUT2D eigenvalue weighted by Crippen LogP contribution is -2.32. The Labute approximate surface area is 106 Å². The van der Waals surface area contributed by atoms with Crippen molar-refractivity contribution in [2.75, 3.05) is 0 Å². The van der Waals surface area contributed by atoms with E-state index in [0.717, 1.165) is 12.8 Å². The number of non-ortho nitro benzene ring substituents is 1. The molecule has 18 heavy (non-hydrogen) atoms. The van der Waals surface area contributed by atoms with Gasteiger partial charge in [0.15, 0.2) is 0 Å². The number of nitro benzene ring substituents is 1. The van der Waals surface area contributed by atoms with Crippen LogP contribution in [0.15, 0.2) is 29.2 Å². The Morgan fingerprint density at radius 2 is 1.89 bits per heavy atom. The first kappa shape index (κ1) is 14.6. The van der Waals surface area contributed by atoms with Crippen LogP contribution in [-0.4, -0.2) is 19.4 Å². The van der Waals surface area contributed by atoms with Crippen LogP contribution in [0.1, 0.15) is 26.7 Å². The minimum Gasteiger partial charge on any atom is -0.258 e. The second-order valence-electron chi connectivity index (χ2n) is 4.06. The van der Waals surface area contributed by atoms with Crippen molar-refractivity contribution in [1.29, 1.82) is 0 Å². The highest BCUT2D eigenvalue weighted by Gasteiger charge is 2.17. The van der Waals surface area contributed by atoms with Gasteiger partial charge in [0, 0.05) is 18.2 Å². The van der Waals surface area contributed by atoms with Crippen molar-refractivity contribution < 1.29 is 13.3 Å². The highest BCUT2D eigenvalue weighted by molar-refractivity contribution is 7.89. The SMILES string of the molecule is CCC[C@@H](C)NS(=O)(=O)c1ccc([N+](=O)[O-])cc1. The molecule has 0 aromatic heterocycles. The van der Waals surface area contributed by atoms with E-state index in [1.54, 1.807) is 6.92 Å². The van der Waals surface area contributed by atoms with Gasteiger partial charge >= 0.3 is 0 Å². The molecule has 0 spiro atoms. The van der Waals surface area contributed by atoms with Gasteiger partial charge in [0.2, 0.25) is 10.0 Å². The third-order valence-electron chi connectivity index (χ3n) is 2.44. The Hall–Kier alpha value is -1.47. The fraction of sp³-hybridized carbons (Fsp3) is 0.455. The maximum absolute atomic E-state index is 11.9. The van der Waals surface area contributed by atoms with Gasteiger partial charge in [0.1, 0.15) is 0 Å². The third-order valence-corrected chi connectivity index (χ3v) is 4.04. The first-order valence-electron chi connectivity index (χ1n) is 5.63. The van der Waals surface area contributed by atoms with Crippen LogP contribution in [0.3, 0.4) is 0 Å². The van der Waals surface area contributed by atoms with Gasteiger partial charge < -0.3 is 0 Å². The normalized spacial score (nSPS) is 13.2. The molecule has 0 fully saturated rings. The minimum absolute atomic E-state index is 0.0380. The lowest BCUT2D eigenvalue weighted by molar-refractivity contribution is -0.384. The van der Waals surface area contributed by atoms with Crippen molar-refractivity contribution in [2.45, 2.75) is 37.6 Å². The van der Waals surface area contributed by atoms with Gasteiger partial charge in [-0.05, 0) is 25.5 Å². The summed E-state index contributed by atoms with van der Waals surface area (Å²) < 4.78 is 26.4. The van der Waals surface area contributed by atoms with Gasteiger partial charge in [0.25, 0.3) is 5.69 Å². The number of hydrogen-bond acceptors (Lipinski definition) is 4. The fourth-order valence-electron chi connectivity index (χ4n) is 1.57. The summed E-state index contributed by atoms with van der Waals surface area (Å²) in [4.78, 5) is 9.94. The predicted octanol–water partition coefficient (Wildman–Crippen LogP) is 2.06. The summed E-state index contributed by atoms with van der Waals surface area (Å²) in [6.07, 6.45) is 1.62. The van der Waals surface area contributed by atoms with E-state index in [4.69, 9.17) is 0 Å². The standard InChI is InChI=1S/C11H16N2O4S/c1-3-4-9(2)12-18(16,17)11-7-5-10(6-8-11)13(14)15/h5-9,12H,3-4H2,1-2H3/t9-/m1/s1. The third kappa shape index (κ3) is 3.78. The van der Waals surface area contributed by atoms with Gasteiger partial charge in [-0.15, -0.1) is 0 Å². The van der Waals surface area contributed by atoms with Crippen molar-refractivity contribution in [1.82, 2.24) is 4.72 Å². The average Bonchev–Trinajstić information content (AvgIpc) is 2.28. The molecule has 0 radical (unpaired) electrons. The number of benzene rings is 1. The summed E-state index contributed by atoms with van der Waals surface area (Å²) in [5.41, 5.74) is -0.129. The summed E-state index contributed by atoms with van der Waals surface area (Å²) in [7, 11) is -3.60. The van der Waals surface area contributed by atoms with Crippen molar-refractivity contribution in [3.63, 3.8) is 0 Å². The van der Waals surface area contributed by atoms with E-state index in [2.05, 4.69) is 4.72 Å². The van der Waals surface area contributed by atoms with Crippen molar-refractivity contribution in [3.05, 3.63) is 34.4 Å². The highest BCUT2D eigenvalue weighted by Crippen LogP contribution is 2.16. The van der Waals surface area contributed by atoms with E-state index >= 15 is 0 Å². The molecule has 0 saturated carbocycles. The minimum atomic E-state index is -3.60. The van der Waals surface area contributed by atoms with E-state index in [1.165, 1.54) is 24.3 Å². The van der Waals surface area contributed by atoms with Gasteiger partial charge in [-0.3, -0.25) is 10.1 Å². The van der Waals surface area contributed by atoms with E-state index in [9.17, 15) is 18.5 Å². The molecule has 1 atom stereocenters. The molecule has 0 bridgehead atoms. The zero-order chi connectivity index (χ0) is 13.8. The summed E-state index contributed by atoms with van der Waals surface area (Å²) in [5.74, 6) is 0. The molecule has 7 heteroatoms. The second kappa shape index (κ2) is 5.92. The Morgan fingerprint density at radius 1 is 1.33 bits per heavy atom. The van der Waals surface area contributed by atoms with E-state index < -0.39 is 14.9 Å². The summed E-state index contributed by atoms with van der Waals surface area (Å²) >= 11 is 0. The quantitative estimate of drug-likeness (QED) is 0.634. The van der Waals surface area contributed by atoms with Crippen LogP contribution in [0.5, 0.6) is 0 Å². The molecule has 0 aliphatic carbocycles. The number of hydrogen-bond donors (Lipinski definition) is 1. The molecule has 6 nitrogen and oxygen atoms in total. The maximum atomic E-state index is 11.9. The first-order chi connectivity index (χ1) is 8.36. The van der Waals surface area contributed by atoms with Crippen LogP contribution in [0, 0.1) is 10.1 Å². The Morgan fingerprint density at radius 3 is 2.33 bits per heavy atom. The number of nitrogens with zero attached hydrogens (tertiary/aromatic N) is 1. The number of rotatable bonds is 6. The van der Waals surface area contributed by atoms with Crippen LogP contribution < -0.4 is 4.72 Å². The Kier molecular flexibility index (Phi) is 4.80. The smallest absolute Gasteiger partial charge is 0.258 e. The Bertz CT molecular complexity index is 510. The van der Waals surface area contributed by atoms with Crippen LogP contribution in [-0.2, 0) is 10.0 Å². The molecule has 1 aromatic carbocycles. The van der Waals surface area contributed by atoms with Crippen molar-refractivity contribution in [3.8, 4) is 0 Å². The van der Waals surface area contributed by atoms with E-state index in [1.807, 2.05) is 6.92 Å². The predicted molar refractivity (Wildman–Crippen MR) is 67.8 cm³/mol. The molecule has 0 aliphatic heterocycles. The molecule has 0 amide bonds. The molecule has 100 valence electrons. The lowest BCUT2D eigenvalue weighted by Gasteiger charge is -2.12. The topological polar surface area (TPSA) is 89.3 Å². The number of sulfonamides is 1. The number of nitro groups is 1. The van der Waals surface area contributed by atoms with E-state index in [0.29, 0.717) is 0 Å². The first-order valence-corrected chi connectivity index (χ1v) is 7.12. The Balaban J connectivity index is 2.88. The van der Waals surface area contributed by atoms with E-state index in [-0.39, 0.29) is 16.6 Å². The molecule has 0 aliphatic rings. The van der Waals surface area contributed by atoms with Gasteiger partial charge in [0.05, 0.1) is 9.82 Å². The zero-order valence-corrected chi connectivity index (χ0v) is 11.1. The van der Waals surface area contributed by atoms with Crippen LogP contribution in [0.25, 0.3) is 0 Å². The highest BCUT2D eigenvalue weighted by atomic mass is 32.2. The van der Waals surface area contributed by atoms with Crippen LogP contribution in [0.2, 0.25) is 0 Å². The molecule has 1 N–H and O–H groups in total. The lowest BCUT2D eigenvalue weighted by atomic mass is 10.2. The molecule has 1 rings (SSSR count). The average molecular weight is 272 g/mol. The molecule has 1 aromatic rings. The maximum Gasteiger partial charge on any atom is 0.269 e. The fourth-order valence-corrected chi connectivity index (χ4v) is 2.85.